The van der Waals surface area contributed by atoms with E-state index in [0.29, 0.717) is 36.6 Å². The van der Waals surface area contributed by atoms with Crippen molar-refractivity contribution in [1.29, 1.82) is 0 Å². The summed E-state index contributed by atoms with van der Waals surface area (Å²) in [4.78, 5) is 25.1. The molecule has 2 saturated heterocycles. The molecule has 2 fully saturated rings. The van der Waals surface area contributed by atoms with Gasteiger partial charge in [-0.3, -0.25) is 14.7 Å². The SMILES string of the molecule is O=C1CCCN1CC[C@H]1CCCCN1Cc1nc(-c2ccccn2)no1. The molecule has 1 atom stereocenters. The smallest absolute Gasteiger partial charge is 0.241 e. The van der Waals surface area contributed by atoms with Crippen LogP contribution in [0.5, 0.6) is 0 Å². The zero-order valence-electron chi connectivity index (χ0n) is 15.0. The predicted octanol–water partition coefficient (Wildman–Crippen LogP) is 2.50. The van der Waals surface area contributed by atoms with Crippen molar-refractivity contribution in [3.05, 3.63) is 30.3 Å². The number of aromatic nitrogens is 3. The van der Waals surface area contributed by atoms with Gasteiger partial charge in [0.2, 0.25) is 17.6 Å². The molecular weight excluding hydrogens is 330 g/mol. The lowest BCUT2D eigenvalue weighted by Gasteiger charge is -2.35. The first-order valence-electron chi connectivity index (χ1n) is 9.55. The molecule has 0 radical (unpaired) electrons. The number of rotatable bonds is 6. The summed E-state index contributed by atoms with van der Waals surface area (Å²) in [6.07, 6.45) is 8.08. The minimum absolute atomic E-state index is 0.310. The van der Waals surface area contributed by atoms with Gasteiger partial charge in [0.15, 0.2) is 0 Å². The highest BCUT2D eigenvalue weighted by Crippen LogP contribution is 2.23. The molecule has 138 valence electrons. The highest BCUT2D eigenvalue weighted by molar-refractivity contribution is 5.78. The van der Waals surface area contributed by atoms with Crippen LogP contribution in [0.1, 0.15) is 44.4 Å². The molecule has 0 bridgehead atoms. The van der Waals surface area contributed by atoms with E-state index in [1.807, 2.05) is 23.1 Å². The second kappa shape index (κ2) is 7.95. The van der Waals surface area contributed by atoms with Gasteiger partial charge >= 0.3 is 0 Å². The third-order valence-electron chi connectivity index (χ3n) is 5.35. The quantitative estimate of drug-likeness (QED) is 0.792. The number of carbonyl (C=O) groups is 1. The van der Waals surface area contributed by atoms with Gasteiger partial charge in [-0.15, -0.1) is 0 Å². The Bertz CT molecular complexity index is 733. The molecule has 2 aliphatic rings. The summed E-state index contributed by atoms with van der Waals surface area (Å²) in [5.41, 5.74) is 0.727. The number of hydrogen-bond donors (Lipinski definition) is 0. The molecule has 0 unspecified atom stereocenters. The summed E-state index contributed by atoms with van der Waals surface area (Å²) in [5.74, 6) is 1.48. The number of hydrogen-bond acceptors (Lipinski definition) is 6. The van der Waals surface area contributed by atoms with Crippen LogP contribution >= 0.6 is 0 Å². The van der Waals surface area contributed by atoms with E-state index >= 15 is 0 Å². The van der Waals surface area contributed by atoms with Gasteiger partial charge in [0, 0.05) is 31.7 Å². The molecule has 2 aliphatic heterocycles. The Hall–Kier alpha value is -2.28. The van der Waals surface area contributed by atoms with Crippen molar-refractivity contribution in [2.75, 3.05) is 19.6 Å². The van der Waals surface area contributed by atoms with E-state index < -0.39 is 0 Å². The topological polar surface area (TPSA) is 75.4 Å². The zero-order valence-corrected chi connectivity index (χ0v) is 15.0. The molecule has 4 heterocycles. The number of carbonyl (C=O) groups excluding carboxylic acids is 1. The molecule has 0 saturated carbocycles. The molecular formula is C19H25N5O2. The summed E-state index contributed by atoms with van der Waals surface area (Å²) < 4.78 is 5.46. The average Bonchev–Trinajstić information content (AvgIpc) is 3.31. The lowest BCUT2D eigenvalue weighted by molar-refractivity contribution is -0.127. The Morgan fingerprint density at radius 2 is 2.15 bits per heavy atom. The maximum atomic E-state index is 11.8. The molecule has 26 heavy (non-hydrogen) atoms. The Morgan fingerprint density at radius 1 is 1.19 bits per heavy atom. The lowest BCUT2D eigenvalue weighted by Crippen LogP contribution is -2.41. The molecule has 0 aromatic carbocycles. The summed E-state index contributed by atoms with van der Waals surface area (Å²) in [7, 11) is 0. The van der Waals surface area contributed by atoms with Crippen molar-refractivity contribution in [2.24, 2.45) is 0 Å². The monoisotopic (exact) mass is 355 g/mol. The summed E-state index contributed by atoms with van der Waals surface area (Å²) >= 11 is 0. The van der Waals surface area contributed by atoms with Crippen molar-refractivity contribution < 1.29 is 9.32 Å². The first kappa shape index (κ1) is 17.1. The largest absolute Gasteiger partial charge is 0.343 e. The van der Waals surface area contributed by atoms with Gasteiger partial charge in [-0.25, -0.2) is 0 Å². The van der Waals surface area contributed by atoms with E-state index in [2.05, 4.69) is 20.0 Å². The maximum absolute atomic E-state index is 11.8. The molecule has 7 heteroatoms. The van der Waals surface area contributed by atoms with Crippen LogP contribution in [0.25, 0.3) is 11.5 Å². The van der Waals surface area contributed by atoms with Gasteiger partial charge in [-0.1, -0.05) is 17.6 Å². The number of likely N-dealkylation sites (tertiary alicyclic amines) is 2. The maximum Gasteiger partial charge on any atom is 0.241 e. The molecule has 2 aromatic rings. The first-order chi connectivity index (χ1) is 12.8. The van der Waals surface area contributed by atoms with Crippen molar-refractivity contribution in [3.63, 3.8) is 0 Å². The molecule has 7 nitrogen and oxygen atoms in total. The molecule has 0 spiro atoms. The van der Waals surface area contributed by atoms with Crippen molar-refractivity contribution in [3.8, 4) is 11.5 Å². The second-order valence-corrected chi connectivity index (χ2v) is 7.12. The first-order valence-corrected chi connectivity index (χ1v) is 9.55. The van der Waals surface area contributed by atoms with Crippen LogP contribution in [0.15, 0.2) is 28.9 Å². The van der Waals surface area contributed by atoms with Crippen molar-refractivity contribution >= 4 is 5.91 Å². The lowest BCUT2D eigenvalue weighted by atomic mass is 9.99. The summed E-state index contributed by atoms with van der Waals surface area (Å²) in [5, 5.41) is 4.07. The van der Waals surface area contributed by atoms with Crippen molar-refractivity contribution in [1.82, 2.24) is 24.9 Å². The average molecular weight is 355 g/mol. The van der Waals surface area contributed by atoms with Crippen LogP contribution < -0.4 is 0 Å². The highest BCUT2D eigenvalue weighted by atomic mass is 16.5. The van der Waals surface area contributed by atoms with Gasteiger partial charge in [-0.2, -0.15) is 4.98 Å². The number of piperidine rings is 1. The predicted molar refractivity (Wildman–Crippen MR) is 96.0 cm³/mol. The summed E-state index contributed by atoms with van der Waals surface area (Å²) in [6.45, 7) is 3.49. The van der Waals surface area contributed by atoms with E-state index in [-0.39, 0.29) is 0 Å². The van der Waals surface area contributed by atoms with Crippen LogP contribution in [0, 0.1) is 0 Å². The van der Waals surface area contributed by atoms with Gasteiger partial charge in [0.05, 0.1) is 6.54 Å². The second-order valence-electron chi connectivity index (χ2n) is 7.12. The Labute approximate surface area is 153 Å². The standard InChI is InChI=1S/C19H25N5O2/c25-18-8-5-12-23(18)13-9-15-6-2-4-11-24(15)14-17-21-19(22-26-17)16-7-1-3-10-20-16/h1,3,7,10,15H,2,4-6,8-9,11-14H2/t15-/m1/s1. The fraction of sp³-hybridized carbons (Fsp3) is 0.579. The van der Waals surface area contributed by atoms with Crippen LogP contribution in [0.4, 0.5) is 0 Å². The minimum atomic E-state index is 0.310. The molecule has 0 aliphatic carbocycles. The Morgan fingerprint density at radius 3 is 2.96 bits per heavy atom. The normalized spacial score (nSPS) is 21.5. The highest BCUT2D eigenvalue weighted by Gasteiger charge is 2.27. The van der Waals surface area contributed by atoms with Gasteiger partial charge in [0.25, 0.3) is 0 Å². The third kappa shape index (κ3) is 3.93. The molecule has 2 aromatic heterocycles. The molecule has 4 rings (SSSR count). The molecule has 0 N–H and O–H groups in total. The van der Waals surface area contributed by atoms with Crippen LogP contribution in [-0.4, -0.2) is 56.5 Å². The summed E-state index contributed by atoms with van der Waals surface area (Å²) in [6, 6.07) is 6.14. The van der Waals surface area contributed by atoms with Crippen LogP contribution in [0.2, 0.25) is 0 Å². The fourth-order valence-corrected chi connectivity index (χ4v) is 3.93. The number of pyridine rings is 1. The minimum Gasteiger partial charge on any atom is -0.343 e. The van der Waals surface area contributed by atoms with Crippen LogP contribution in [0.3, 0.4) is 0 Å². The fourth-order valence-electron chi connectivity index (χ4n) is 3.93. The van der Waals surface area contributed by atoms with Gasteiger partial charge in [0.1, 0.15) is 5.69 Å². The zero-order chi connectivity index (χ0) is 17.8. The number of nitrogens with zero attached hydrogens (tertiary/aromatic N) is 5. The Balaban J connectivity index is 1.37. The van der Waals surface area contributed by atoms with E-state index in [1.165, 1.54) is 19.3 Å². The Kier molecular flexibility index (Phi) is 5.24. The van der Waals surface area contributed by atoms with E-state index in [1.54, 1.807) is 6.20 Å². The van der Waals surface area contributed by atoms with Gasteiger partial charge < -0.3 is 9.42 Å². The van der Waals surface area contributed by atoms with E-state index in [9.17, 15) is 4.79 Å². The third-order valence-corrected chi connectivity index (χ3v) is 5.35. The number of amides is 1. The van der Waals surface area contributed by atoms with Gasteiger partial charge in [-0.05, 0) is 44.4 Å². The van der Waals surface area contributed by atoms with E-state index in [0.717, 1.165) is 38.2 Å². The van der Waals surface area contributed by atoms with E-state index in [4.69, 9.17) is 4.52 Å². The van der Waals surface area contributed by atoms with Crippen LogP contribution in [-0.2, 0) is 11.3 Å². The van der Waals surface area contributed by atoms with Crippen molar-refractivity contribution in [2.45, 2.75) is 51.1 Å². The molecule has 1 amide bonds.